The molecule has 0 unspecified atom stereocenters. The van der Waals surface area contributed by atoms with Crippen LogP contribution in [0.15, 0.2) is 18.2 Å². The topological polar surface area (TPSA) is 98.3 Å². The van der Waals surface area contributed by atoms with E-state index in [4.69, 9.17) is 17.3 Å². The fraction of sp³-hybridized carbons (Fsp3) is 0.500. The Morgan fingerprint density at radius 3 is 2.57 bits per heavy atom. The van der Waals surface area contributed by atoms with Crippen LogP contribution < -0.4 is 11.1 Å². The molecular formula is C14H18ClN3O3. The average molecular weight is 312 g/mol. The molecule has 2 rings (SSSR count). The Balaban J connectivity index is 2.17. The highest BCUT2D eigenvalue weighted by Gasteiger charge is 2.38. The largest absolute Gasteiger partial charge is 0.329 e. The third kappa shape index (κ3) is 3.33. The zero-order chi connectivity index (χ0) is 15.5. The summed E-state index contributed by atoms with van der Waals surface area (Å²) in [5.41, 5.74) is 5.53. The number of non-ortho nitro benzene ring substituents is 1. The van der Waals surface area contributed by atoms with Crippen LogP contribution in [0.4, 0.5) is 11.4 Å². The van der Waals surface area contributed by atoms with Crippen LogP contribution in [-0.2, 0) is 4.79 Å². The number of anilines is 1. The highest BCUT2D eigenvalue weighted by atomic mass is 35.5. The van der Waals surface area contributed by atoms with Crippen molar-refractivity contribution in [2.24, 2.45) is 11.1 Å². The summed E-state index contributed by atoms with van der Waals surface area (Å²) in [6.07, 6.45) is 4.62. The molecule has 0 spiro atoms. The normalized spacial score (nSPS) is 17.2. The maximum absolute atomic E-state index is 12.5. The van der Waals surface area contributed by atoms with Crippen molar-refractivity contribution in [3.8, 4) is 0 Å². The summed E-state index contributed by atoms with van der Waals surface area (Å²) in [4.78, 5) is 22.7. The van der Waals surface area contributed by atoms with Gasteiger partial charge in [-0.15, -0.1) is 0 Å². The van der Waals surface area contributed by atoms with Crippen LogP contribution in [-0.4, -0.2) is 17.4 Å². The molecule has 1 aliphatic carbocycles. The molecule has 0 aliphatic heterocycles. The smallest absolute Gasteiger partial charge is 0.271 e. The Hall–Kier alpha value is -1.66. The molecule has 0 atom stereocenters. The minimum Gasteiger partial charge on any atom is -0.329 e. The Bertz CT molecular complexity index is 556. The quantitative estimate of drug-likeness (QED) is 0.659. The number of nitrogens with two attached hydrogens (primary N) is 1. The number of nitrogens with zero attached hydrogens (tertiary/aromatic N) is 1. The fourth-order valence-electron chi connectivity index (χ4n) is 2.73. The predicted molar refractivity (Wildman–Crippen MR) is 81.3 cm³/mol. The molecule has 21 heavy (non-hydrogen) atoms. The van der Waals surface area contributed by atoms with Crippen LogP contribution >= 0.6 is 11.6 Å². The summed E-state index contributed by atoms with van der Waals surface area (Å²) in [5, 5.41) is 13.6. The average Bonchev–Trinajstić information content (AvgIpc) is 2.49. The van der Waals surface area contributed by atoms with E-state index in [0.29, 0.717) is 12.2 Å². The van der Waals surface area contributed by atoms with Crippen LogP contribution in [0, 0.1) is 15.5 Å². The molecule has 1 aliphatic rings. The summed E-state index contributed by atoms with van der Waals surface area (Å²) >= 11 is 5.99. The summed E-state index contributed by atoms with van der Waals surface area (Å²) in [5.74, 6) is -0.152. The van der Waals surface area contributed by atoms with E-state index in [9.17, 15) is 14.9 Å². The van der Waals surface area contributed by atoms with Gasteiger partial charge < -0.3 is 11.1 Å². The zero-order valence-electron chi connectivity index (χ0n) is 11.6. The Morgan fingerprint density at radius 1 is 1.38 bits per heavy atom. The first-order valence-electron chi connectivity index (χ1n) is 6.94. The third-order valence-corrected chi connectivity index (χ3v) is 4.41. The molecular weight excluding hydrogens is 294 g/mol. The van der Waals surface area contributed by atoms with E-state index in [1.54, 1.807) is 0 Å². The molecule has 114 valence electrons. The Kier molecular flexibility index (Phi) is 4.80. The van der Waals surface area contributed by atoms with E-state index in [1.807, 2.05) is 0 Å². The molecule has 1 fully saturated rings. The second-order valence-corrected chi connectivity index (χ2v) is 5.83. The fourth-order valence-corrected chi connectivity index (χ4v) is 2.95. The number of benzene rings is 1. The molecule has 3 N–H and O–H groups in total. The molecule has 7 heteroatoms. The van der Waals surface area contributed by atoms with Gasteiger partial charge in [-0.2, -0.15) is 0 Å². The summed E-state index contributed by atoms with van der Waals surface area (Å²) in [6, 6.07) is 4.00. The van der Waals surface area contributed by atoms with Crippen molar-refractivity contribution in [3.63, 3.8) is 0 Å². The van der Waals surface area contributed by atoms with Crippen LogP contribution in [0.1, 0.15) is 32.1 Å². The highest BCUT2D eigenvalue weighted by molar-refractivity contribution is 6.34. The number of hydrogen-bond donors (Lipinski definition) is 2. The molecule has 0 aromatic heterocycles. The van der Waals surface area contributed by atoms with Crippen LogP contribution in [0.2, 0.25) is 5.02 Å². The van der Waals surface area contributed by atoms with Crippen molar-refractivity contribution in [1.82, 2.24) is 0 Å². The van der Waals surface area contributed by atoms with Crippen molar-refractivity contribution in [2.75, 3.05) is 11.9 Å². The van der Waals surface area contributed by atoms with Crippen LogP contribution in [0.5, 0.6) is 0 Å². The maximum Gasteiger partial charge on any atom is 0.271 e. The number of carbonyl (C=O) groups is 1. The second-order valence-electron chi connectivity index (χ2n) is 5.42. The number of hydrogen-bond acceptors (Lipinski definition) is 4. The molecule has 1 saturated carbocycles. The van der Waals surface area contributed by atoms with E-state index in [1.165, 1.54) is 18.2 Å². The SMILES string of the molecule is NCC1(C(=O)Nc2ccc([N+](=O)[O-])cc2Cl)CCCCC1. The first-order valence-corrected chi connectivity index (χ1v) is 7.32. The minimum absolute atomic E-state index is 0.107. The molecule has 1 amide bonds. The number of amides is 1. The van der Waals surface area contributed by atoms with Gasteiger partial charge in [0.1, 0.15) is 0 Å². The van der Waals surface area contributed by atoms with Gasteiger partial charge in [-0.05, 0) is 18.9 Å². The van der Waals surface area contributed by atoms with Gasteiger partial charge in [0.05, 0.1) is 21.0 Å². The van der Waals surface area contributed by atoms with Crippen molar-refractivity contribution in [2.45, 2.75) is 32.1 Å². The predicted octanol–water partition coefficient (Wildman–Crippen LogP) is 3.10. The number of nitro benzene ring substituents is 1. The van der Waals surface area contributed by atoms with Gasteiger partial charge in [-0.25, -0.2) is 0 Å². The van der Waals surface area contributed by atoms with E-state index in [0.717, 1.165) is 32.1 Å². The number of carbonyl (C=O) groups excluding carboxylic acids is 1. The maximum atomic E-state index is 12.5. The lowest BCUT2D eigenvalue weighted by Crippen LogP contribution is -2.43. The summed E-state index contributed by atoms with van der Waals surface area (Å²) < 4.78 is 0. The standard InChI is InChI=1S/C14H18ClN3O3/c15-11-8-10(18(20)21)4-5-12(11)17-13(19)14(9-16)6-2-1-3-7-14/h4-5,8H,1-3,6-7,9,16H2,(H,17,19). The number of rotatable bonds is 4. The summed E-state index contributed by atoms with van der Waals surface area (Å²) in [7, 11) is 0. The van der Waals surface area contributed by atoms with E-state index in [2.05, 4.69) is 5.32 Å². The molecule has 1 aromatic carbocycles. The van der Waals surface area contributed by atoms with Gasteiger partial charge in [0, 0.05) is 18.7 Å². The summed E-state index contributed by atoms with van der Waals surface area (Å²) in [6.45, 7) is 0.295. The zero-order valence-corrected chi connectivity index (χ0v) is 12.4. The van der Waals surface area contributed by atoms with Crippen LogP contribution in [0.25, 0.3) is 0 Å². The van der Waals surface area contributed by atoms with Crippen molar-refractivity contribution in [3.05, 3.63) is 33.3 Å². The van der Waals surface area contributed by atoms with Gasteiger partial charge >= 0.3 is 0 Å². The van der Waals surface area contributed by atoms with E-state index >= 15 is 0 Å². The number of nitro groups is 1. The third-order valence-electron chi connectivity index (χ3n) is 4.09. The molecule has 0 bridgehead atoms. The molecule has 0 heterocycles. The Morgan fingerprint density at radius 2 is 2.05 bits per heavy atom. The van der Waals surface area contributed by atoms with Gasteiger partial charge in [0.25, 0.3) is 5.69 Å². The van der Waals surface area contributed by atoms with Gasteiger partial charge in [0.15, 0.2) is 0 Å². The van der Waals surface area contributed by atoms with Crippen molar-refractivity contribution >= 4 is 28.9 Å². The van der Waals surface area contributed by atoms with Crippen molar-refractivity contribution in [1.29, 1.82) is 0 Å². The monoisotopic (exact) mass is 311 g/mol. The van der Waals surface area contributed by atoms with E-state index < -0.39 is 10.3 Å². The first kappa shape index (κ1) is 15.7. The number of nitrogens with one attached hydrogen (secondary N) is 1. The lowest BCUT2D eigenvalue weighted by molar-refractivity contribution is -0.384. The Labute approximate surface area is 127 Å². The van der Waals surface area contributed by atoms with Crippen molar-refractivity contribution < 1.29 is 9.72 Å². The second kappa shape index (κ2) is 6.41. The first-order chi connectivity index (χ1) is 9.98. The lowest BCUT2D eigenvalue weighted by Gasteiger charge is -2.34. The van der Waals surface area contributed by atoms with E-state index in [-0.39, 0.29) is 16.6 Å². The van der Waals surface area contributed by atoms with Crippen LogP contribution in [0.3, 0.4) is 0 Å². The highest BCUT2D eigenvalue weighted by Crippen LogP contribution is 2.37. The number of halogens is 1. The lowest BCUT2D eigenvalue weighted by atomic mass is 9.73. The van der Waals surface area contributed by atoms with Gasteiger partial charge in [-0.3, -0.25) is 14.9 Å². The molecule has 6 nitrogen and oxygen atoms in total. The minimum atomic E-state index is -0.552. The molecule has 0 saturated heterocycles. The molecule has 0 radical (unpaired) electrons. The van der Waals surface area contributed by atoms with Gasteiger partial charge in [-0.1, -0.05) is 30.9 Å². The molecule has 1 aromatic rings. The van der Waals surface area contributed by atoms with Gasteiger partial charge in [0.2, 0.25) is 5.91 Å².